The third kappa shape index (κ3) is 6.21. The SMILES string of the molecule is COc1cc2cc(CC(C)(C(=O)ONC(=O)c3ccccc3)C(=O)ONC(=O)c3ccccc3)sc2cc1OC. The fraction of sp³-hybridized carbons (Fsp3) is 0.172. The number of hydrogen-bond acceptors (Lipinski definition) is 9. The maximum atomic E-state index is 13.3. The van der Waals surface area contributed by atoms with Crippen molar-refractivity contribution in [1.29, 1.82) is 0 Å². The molecule has 0 saturated heterocycles. The first-order valence-corrected chi connectivity index (χ1v) is 12.8. The average molecular weight is 563 g/mol. The largest absolute Gasteiger partial charge is 0.493 e. The summed E-state index contributed by atoms with van der Waals surface area (Å²) in [4.78, 5) is 62.2. The van der Waals surface area contributed by atoms with Gasteiger partial charge in [0, 0.05) is 33.2 Å². The van der Waals surface area contributed by atoms with Gasteiger partial charge in [-0.25, -0.2) is 9.59 Å². The van der Waals surface area contributed by atoms with Gasteiger partial charge in [0.2, 0.25) is 0 Å². The Balaban J connectivity index is 1.57. The molecule has 0 aliphatic rings. The molecule has 3 aromatic carbocycles. The molecule has 206 valence electrons. The summed E-state index contributed by atoms with van der Waals surface area (Å²) in [6, 6.07) is 21.6. The summed E-state index contributed by atoms with van der Waals surface area (Å²) < 4.78 is 11.6. The molecule has 0 fully saturated rings. The van der Waals surface area contributed by atoms with Crippen LogP contribution in [0.25, 0.3) is 10.1 Å². The molecule has 0 aliphatic carbocycles. The highest BCUT2D eigenvalue weighted by Gasteiger charge is 2.46. The van der Waals surface area contributed by atoms with E-state index >= 15 is 0 Å². The van der Waals surface area contributed by atoms with Crippen molar-refractivity contribution >= 4 is 45.2 Å². The lowest BCUT2D eigenvalue weighted by molar-refractivity contribution is -0.177. The van der Waals surface area contributed by atoms with E-state index in [9.17, 15) is 19.2 Å². The van der Waals surface area contributed by atoms with Crippen LogP contribution in [0.15, 0.2) is 78.9 Å². The van der Waals surface area contributed by atoms with Gasteiger partial charge in [-0.2, -0.15) is 11.0 Å². The average Bonchev–Trinajstić information content (AvgIpc) is 3.38. The van der Waals surface area contributed by atoms with Crippen molar-refractivity contribution in [1.82, 2.24) is 11.0 Å². The quantitative estimate of drug-likeness (QED) is 0.241. The monoisotopic (exact) mass is 562 g/mol. The second-order valence-electron chi connectivity index (χ2n) is 8.84. The summed E-state index contributed by atoms with van der Waals surface area (Å²) in [5.41, 5.74) is 2.71. The van der Waals surface area contributed by atoms with Crippen LogP contribution < -0.4 is 20.4 Å². The summed E-state index contributed by atoms with van der Waals surface area (Å²) in [5.74, 6) is -2.47. The minimum Gasteiger partial charge on any atom is -0.493 e. The number of carbonyl (C=O) groups is 4. The number of carbonyl (C=O) groups excluding carboxylic acids is 4. The Morgan fingerprint density at radius 1 is 0.725 bits per heavy atom. The topological polar surface area (TPSA) is 129 Å². The number of benzene rings is 3. The van der Waals surface area contributed by atoms with Crippen molar-refractivity contribution in [3.63, 3.8) is 0 Å². The number of ether oxygens (including phenoxy) is 2. The Bertz CT molecular complexity index is 1430. The molecule has 0 atom stereocenters. The van der Waals surface area contributed by atoms with E-state index in [1.165, 1.54) is 56.7 Å². The fourth-order valence-electron chi connectivity index (χ4n) is 3.79. The molecule has 4 rings (SSSR count). The summed E-state index contributed by atoms with van der Waals surface area (Å²) >= 11 is 1.32. The summed E-state index contributed by atoms with van der Waals surface area (Å²) in [6.07, 6.45) is -0.156. The zero-order chi connectivity index (χ0) is 28.7. The number of amides is 2. The molecule has 10 nitrogen and oxygen atoms in total. The first-order valence-electron chi connectivity index (χ1n) is 12.0. The maximum absolute atomic E-state index is 13.3. The lowest BCUT2D eigenvalue weighted by Crippen LogP contribution is -2.46. The van der Waals surface area contributed by atoms with Crippen molar-refractivity contribution in [3.05, 3.63) is 94.9 Å². The molecule has 2 N–H and O–H groups in total. The summed E-state index contributed by atoms with van der Waals surface area (Å²) in [5, 5.41) is 0.802. The van der Waals surface area contributed by atoms with Crippen LogP contribution in [0, 0.1) is 5.41 Å². The Labute approximate surface area is 233 Å². The Morgan fingerprint density at radius 3 is 1.68 bits per heavy atom. The summed E-state index contributed by atoms with van der Waals surface area (Å²) in [6.45, 7) is 1.31. The van der Waals surface area contributed by atoms with Gasteiger partial charge in [0.05, 0.1) is 14.2 Å². The molecule has 4 aromatic rings. The van der Waals surface area contributed by atoms with E-state index in [1.54, 1.807) is 54.6 Å². The molecule has 0 radical (unpaired) electrons. The van der Waals surface area contributed by atoms with Crippen LogP contribution in [0.2, 0.25) is 0 Å². The van der Waals surface area contributed by atoms with E-state index < -0.39 is 29.2 Å². The van der Waals surface area contributed by atoms with E-state index in [-0.39, 0.29) is 17.5 Å². The van der Waals surface area contributed by atoms with Crippen LogP contribution in [-0.2, 0) is 25.7 Å². The first kappa shape index (κ1) is 28.1. The molecule has 11 heteroatoms. The maximum Gasteiger partial charge on any atom is 0.349 e. The van der Waals surface area contributed by atoms with Gasteiger partial charge < -0.3 is 19.1 Å². The number of fused-ring (bicyclic) bond motifs is 1. The predicted molar refractivity (Wildman–Crippen MR) is 147 cm³/mol. The molecule has 0 aliphatic heterocycles. The van der Waals surface area contributed by atoms with Crippen LogP contribution >= 0.6 is 11.3 Å². The number of nitrogens with one attached hydrogen (secondary N) is 2. The number of methoxy groups -OCH3 is 2. The standard InChI is InChI=1S/C29H26N2O8S/c1-29(27(34)38-30-25(32)18-10-6-4-7-11-18,28(35)39-31-26(33)19-12-8-5-9-13-19)17-21-14-20-15-22(36-2)23(37-3)16-24(20)40-21/h4-16H,17H2,1-3H3,(H,30,32)(H,31,33). The van der Waals surface area contributed by atoms with Gasteiger partial charge in [-0.05, 0) is 48.7 Å². The summed E-state index contributed by atoms with van der Waals surface area (Å²) in [7, 11) is 3.04. The number of hydrogen-bond donors (Lipinski definition) is 2. The number of rotatable bonds is 8. The Morgan fingerprint density at radius 2 is 1.20 bits per heavy atom. The number of thiophene rings is 1. The van der Waals surface area contributed by atoms with Crippen molar-refractivity contribution in [2.75, 3.05) is 14.2 Å². The van der Waals surface area contributed by atoms with Crippen molar-refractivity contribution < 1.29 is 38.3 Å². The predicted octanol–water partition coefficient (Wildman–Crippen LogP) is 4.24. The smallest absolute Gasteiger partial charge is 0.349 e. The van der Waals surface area contributed by atoms with Crippen molar-refractivity contribution in [3.8, 4) is 11.5 Å². The van der Waals surface area contributed by atoms with Gasteiger partial charge in [-0.15, -0.1) is 11.3 Å². The highest BCUT2D eigenvalue weighted by Crippen LogP contribution is 2.38. The third-order valence-electron chi connectivity index (χ3n) is 6.05. The lowest BCUT2D eigenvalue weighted by Gasteiger charge is -2.24. The van der Waals surface area contributed by atoms with Crippen LogP contribution in [-0.4, -0.2) is 38.0 Å². The molecule has 0 bridgehead atoms. The molecule has 0 saturated carbocycles. The highest BCUT2D eigenvalue weighted by atomic mass is 32.1. The van der Waals surface area contributed by atoms with Crippen LogP contribution in [0.5, 0.6) is 11.5 Å². The Kier molecular flexibility index (Phi) is 8.65. The normalized spacial score (nSPS) is 10.9. The van der Waals surface area contributed by atoms with Gasteiger partial charge >= 0.3 is 11.9 Å². The van der Waals surface area contributed by atoms with E-state index in [4.69, 9.17) is 19.1 Å². The minimum absolute atomic E-state index is 0.156. The van der Waals surface area contributed by atoms with E-state index in [1.807, 2.05) is 0 Å². The molecule has 2 amide bonds. The van der Waals surface area contributed by atoms with Crippen LogP contribution in [0.3, 0.4) is 0 Å². The van der Waals surface area contributed by atoms with Gasteiger partial charge in [0.15, 0.2) is 16.9 Å². The zero-order valence-electron chi connectivity index (χ0n) is 21.9. The molecule has 40 heavy (non-hydrogen) atoms. The second kappa shape index (κ2) is 12.3. The third-order valence-corrected chi connectivity index (χ3v) is 7.15. The fourth-order valence-corrected chi connectivity index (χ4v) is 5.02. The van der Waals surface area contributed by atoms with E-state index in [0.717, 1.165) is 10.1 Å². The van der Waals surface area contributed by atoms with Gasteiger partial charge in [0.25, 0.3) is 11.8 Å². The van der Waals surface area contributed by atoms with Crippen LogP contribution in [0.1, 0.15) is 32.5 Å². The molecular weight excluding hydrogens is 536 g/mol. The molecule has 1 heterocycles. The van der Waals surface area contributed by atoms with E-state index in [0.29, 0.717) is 16.4 Å². The van der Waals surface area contributed by atoms with E-state index in [2.05, 4.69) is 11.0 Å². The van der Waals surface area contributed by atoms with Gasteiger partial charge in [-0.1, -0.05) is 36.4 Å². The van der Waals surface area contributed by atoms with Crippen LogP contribution in [0.4, 0.5) is 0 Å². The molecule has 0 spiro atoms. The van der Waals surface area contributed by atoms with Crippen molar-refractivity contribution in [2.24, 2.45) is 5.41 Å². The Hall–Kier alpha value is -4.90. The lowest BCUT2D eigenvalue weighted by atomic mass is 9.86. The molecular formula is C29H26N2O8S. The van der Waals surface area contributed by atoms with Gasteiger partial charge in [0.1, 0.15) is 0 Å². The molecule has 0 unspecified atom stereocenters. The first-order chi connectivity index (χ1) is 19.2. The highest BCUT2D eigenvalue weighted by molar-refractivity contribution is 7.19. The number of hydroxylamine groups is 2. The zero-order valence-corrected chi connectivity index (χ0v) is 22.7. The minimum atomic E-state index is -1.96. The van der Waals surface area contributed by atoms with Crippen molar-refractivity contribution in [2.45, 2.75) is 13.3 Å². The second-order valence-corrected chi connectivity index (χ2v) is 10.0. The molecule has 1 aromatic heterocycles. The van der Waals surface area contributed by atoms with Gasteiger partial charge in [-0.3, -0.25) is 9.59 Å².